The van der Waals surface area contributed by atoms with Gasteiger partial charge in [0.15, 0.2) is 0 Å². The number of benzene rings is 1. The summed E-state index contributed by atoms with van der Waals surface area (Å²) in [5.41, 5.74) is 2.15. The fourth-order valence-electron chi connectivity index (χ4n) is 1.82. The highest BCUT2D eigenvalue weighted by molar-refractivity contribution is 5.61. The monoisotopic (exact) mass is 273 g/mol. The van der Waals surface area contributed by atoms with Crippen LogP contribution in [0.25, 0.3) is 11.3 Å². The molecule has 0 atom stereocenters. The van der Waals surface area contributed by atoms with E-state index in [9.17, 15) is 4.79 Å². The van der Waals surface area contributed by atoms with Gasteiger partial charge in [-0.05, 0) is 18.2 Å². The Balaban J connectivity index is 2.32. The molecule has 2 rings (SSSR count). The quantitative estimate of drug-likeness (QED) is 0.873. The Kier molecular flexibility index (Phi) is 4.53. The first-order valence-electron chi connectivity index (χ1n) is 6.56. The van der Waals surface area contributed by atoms with Crippen LogP contribution in [0.2, 0.25) is 0 Å². The second kappa shape index (κ2) is 6.34. The second-order valence-electron chi connectivity index (χ2n) is 4.88. The summed E-state index contributed by atoms with van der Waals surface area (Å²) < 4.78 is 5.20. The maximum atomic E-state index is 11.8. The zero-order valence-electron chi connectivity index (χ0n) is 11.9. The fourth-order valence-corrected chi connectivity index (χ4v) is 1.82. The van der Waals surface area contributed by atoms with Crippen molar-refractivity contribution in [1.29, 1.82) is 0 Å². The number of rotatable bonds is 5. The fraction of sp³-hybridized carbons (Fsp3) is 0.333. The van der Waals surface area contributed by atoms with E-state index >= 15 is 0 Å². The Hall–Kier alpha value is -2.14. The number of nitrogens with zero attached hydrogens (tertiary/aromatic N) is 1. The van der Waals surface area contributed by atoms with Crippen molar-refractivity contribution in [3.05, 3.63) is 46.2 Å². The minimum Gasteiger partial charge on any atom is -0.497 e. The van der Waals surface area contributed by atoms with Gasteiger partial charge in [-0.2, -0.15) is 5.10 Å². The Morgan fingerprint density at radius 3 is 2.85 bits per heavy atom. The lowest BCUT2D eigenvalue weighted by Gasteiger charge is -2.09. The molecule has 5 nitrogen and oxygen atoms in total. The summed E-state index contributed by atoms with van der Waals surface area (Å²) in [7, 11) is 1.62. The van der Waals surface area contributed by atoms with Crippen molar-refractivity contribution in [2.45, 2.75) is 26.4 Å². The molecule has 20 heavy (non-hydrogen) atoms. The molecule has 0 amide bonds. The largest absolute Gasteiger partial charge is 0.497 e. The van der Waals surface area contributed by atoms with Crippen LogP contribution in [0.4, 0.5) is 0 Å². The first-order valence-corrected chi connectivity index (χ1v) is 6.56. The Bertz CT molecular complexity index is 635. The van der Waals surface area contributed by atoms with Crippen molar-refractivity contribution in [3.8, 4) is 17.0 Å². The van der Waals surface area contributed by atoms with E-state index in [1.807, 2.05) is 44.2 Å². The normalized spacial score (nSPS) is 10.8. The third kappa shape index (κ3) is 3.45. The molecule has 1 heterocycles. The van der Waals surface area contributed by atoms with Crippen molar-refractivity contribution in [2.75, 3.05) is 7.11 Å². The van der Waals surface area contributed by atoms with Crippen molar-refractivity contribution >= 4 is 0 Å². The lowest BCUT2D eigenvalue weighted by atomic mass is 10.1. The summed E-state index contributed by atoms with van der Waals surface area (Å²) >= 11 is 0. The van der Waals surface area contributed by atoms with Gasteiger partial charge in [-0.3, -0.25) is 4.79 Å². The Morgan fingerprint density at radius 1 is 1.35 bits per heavy atom. The molecule has 1 aromatic carbocycles. The minimum atomic E-state index is -0.162. The van der Waals surface area contributed by atoms with Gasteiger partial charge in [0.1, 0.15) is 5.75 Å². The predicted molar refractivity (Wildman–Crippen MR) is 78.8 cm³/mol. The smallest absolute Gasteiger partial charge is 0.268 e. The Labute approximate surface area is 118 Å². The molecule has 0 radical (unpaired) electrons. The summed E-state index contributed by atoms with van der Waals surface area (Å²) in [4.78, 5) is 11.8. The SMILES string of the molecule is COc1cccc(-c2cc(CNC(C)C)c(=O)[nH]n2)c1. The van der Waals surface area contributed by atoms with Crippen LogP contribution >= 0.6 is 0 Å². The van der Waals surface area contributed by atoms with E-state index in [1.54, 1.807) is 7.11 Å². The van der Waals surface area contributed by atoms with Gasteiger partial charge in [0.25, 0.3) is 5.56 Å². The van der Waals surface area contributed by atoms with Gasteiger partial charge in [-0.15, -0.1) is 0 Å². The standard InChI is InChI=1S/C15H19N3O2/c1-10(2)16-9-12-8-14(17-18-15(12)19)11-5-4-6-13(7-11)20-3/h4-8,10,16H,9H2,1-3H3,(H,18,19). The summed E-state index contributed by atoms with van der Waals surface area (Å²) in [6, 6.07) is 9.72. The summed E-state index contributed by atoms with van der Waals surface area (Å²) in [6.07, 6.45) is 0. The maximum Gasteiger partial charge on any atom is 0.268 e. The van der Waals surface area contributed by atoms with Crippen LogP contribution in [0.1, 0.15) is 19.4 Å². The van der Waals surface area contributed by atoms with Gasteiger partial charge in [-0.1, -0.05) is 26.0 Å². The van der Waals surface area contributed by atoms with E-state index in [4.69, 9.17) is 4.74 Å². The highest BCUT2D eigenvalue weighted by atomic mass is 16.5. The number of aromatic amines is 1. The van der Waals surface area contributed by atoms with Crippen molar-refractivity contribution < 1.29 is 4.74 Å². The zero-order chi connectivity index (χ0) is 14.5. The van der Waals surface area contributed by atoms with Crippen LogP contribution in [-0.2, 0) is 6.54 Å². The molecule has 0 aliphatic carbocycles. The van der Waals surface area contributed by atoms with Crippen LogP contribution in [0.5, 0.6) is 5.75 Å². The molecule has 0 unspecified atom stereocenters. The predicted octanol–water partition coefficient (Wildman–Crippen LogP) is 1.94. The second-order valence-corrected chi connectivity index (χ2v) is 4.88. The number of methoxy groups -OCH3 is 1. The van der Waals surface area contributed by atoms with Gasteiger partial charge in [0.05, 0.1) is 12.8 Å². The maximum absolute atomic E-state index is 11.8. The van der Waals surface area contributed by atoms with Gasteiger partial charge < -0.3 is 10.1 Å². The molecular formula is C15H19N3O2. The molecule has 5 heteroatoms. The molecule has 0 aliphatic heterocycles. The van der Waals surface area contributed by atoms with Crippen LogP contribution < -0.4 is 15.6 Å². The molecule has 0 bridgehead atoms. The highest BCUT2D eigenvalue weighted by Crippen LogP contribution is 2.21. The summed E-state index contributed by atoms with van der Waals surface area (Å²) in [5.74, 6) is 0.761. The Morgan fingerprint density at radius 2 is 2.15 bits per heavy atom. The average molecular weight is 273 g/mol. The molecule has 2 N–H and O–H groups in total. The summed E-state index contributed by atoms with van der Waals surface area (Å²) in [5, 5.41) is 9.86. The third-order valence-corrected chi connectivity index (χ3v) is 2.95. The van der Waals surface area contributed by atoms with Crippen molar-refractivity contribution in [3.63, 3.8) is 0 Å². The van der Waals surface area contributed by atoms with E-state index in [0.717, 1.165) is 17.0 Å². The molecular weight excluding hydrogens is 254 g/mol. The molecule has 1 aromatic heterocycles. The highest BCUT2D eigenvalue weighted by Gasteiger charge is 2.06. The van der Waals surface area contributed by atoms with Gasteiger partial charge in [0, 0.05) is 23.7 Å². The molecule has 0 aliphatic rings. The van der Waals surface area contributed by atoms with E-state index in [1.165, 1.54) is 0 Å². The first-order chi connectivity index (χ1) is 9.60. The van der Waals surface area contributed by atoms with E-state index in [0.29, 0.717) is 18.2 Å². The lowest BCUT2D eigenvalue weighted by Crippen LogP contribution is -2.26. The number of hydrogen-bond acceptors (Lipinski definition) is 4. The zero-order valence-corrected chi connectivity index (χ0v) is 11.9. The number of ether oxygens (including phenoxy) is 1. The lowest BCUT2D eigenvalue weighted by molar-refractivity contribution is 0.415. The number of nitrogens with one attached hydrogen (secondary N) is 2. The topological polar surface area (TPSA) is 67.0 Å². The molecule has 2 aromatic rings. The van der Waals surface area contributed by atoms with Crippen LogP contribution in [0.3, 0.4) is 0 Å². The number of aromatic nitrogens is 2. The molecule has 0 saturated carbocycles. The molecule has 0 spiro atoms. The van der Waals surface area contributed by atoms with Gasteiger partial charge in [-0.25, -0.2) is 5.10 Å². The van der Waals surface area contributed by atoms with E-state index < -0.39 is 0 Å². The first kappa shape index (κ1) is 14.3. The van der Waals surface area contributed by atoms with Crippen LogP contribution in [-0.4, -0.2) is 23.3 Å². The van der Waals surface area contributed by atoms with Crippen LogP contribution in [0.15, 0.2) is 35.1 Å². The molecule has 106 valence electrons. The van der Waals surface area contributed by atoms with Gasteiger partial charge >= 0.3 is 0 Å². The number of H-pyrrole nitrogens is 1. The van der Waals surface area contributed by atoms with Gasteiger partial charge in [0.2, 0.25) is 0 Å². The van der Waals surface area contributed by atoms with E-state index in [2.05, 4.69) is 15.5 Å². The van der Waals surface area contributed by atoms with E-state index in [-0.39, 0.29) is 5.56 Å². The number of hydrogen-bond donors (Lipinski definition) is 2. The molecule has 0 fully saturated rings. The van der Waals surface area contributed by atoms with Crippen molar-refractivity contribution in [1.82, 2.24) is 15.5 Å². The summed E-state index contributed by atoms with van der Waals surface area (Å²) in [6.45, 7) is 4.60. The average Bonchev–Trinajstić information content (AvgIpc) is 2.46. The van der Waals surface area contributed by atoms with Crippen LogP contribution in [0, 0.1) is 0 Å². The van der Waals surface area contributed by atoms with Crippen molar-refractivity contribution in [2.24, 2.45) is 0 Å². The third-order valence-electron chi connectivity index (χ3n) is 2.95. The minimum absolute atomic E-state index is 0.162. The molecule has 0 saturated heterocycles.